The van der Waals surface area contributed by atoms with Gasteiger partial charge in [0.05, 0.1) is 16.8 Å². The maximum Gasteiger partial charge on any atom is 0.0974 e. The standard InChI is InChI=1S/C9H13ClN2O/c1-6-4-7(10)5-12-9(6)8(13)2-3-11/h4-5,8,13H,2-3,11H2,1H3. The molecule has 0 aromatic carbocycles. The van der Waals surface area contributed by atoms with Gasteiger partial charge in [-0.1, -0.05) is 11.6 Å². The van der Waals surface area contributed by atoms with Crippen molar-refractivity contribution in [3.05, 3.63) is 28.5 Å². The van der Waals surface area contributed by atoms with Gasteiger partial charge in [-0.2, -0.15) is 0 Å². The summed E-state index contributed by atoms with van der Waals surface area (Å²) in [5.74, 6) is 0. The number of hydrogen-bond donors (Lipinski definition) is 2. The minimum Gasteiger partial charge on any atom is -0.387 e. The van der Waals surface area contributed by atoms with Crippen LogP contribution >= 0.6 is 11.6 Å². The summed E-state index contributed by atoms with van der Waals surface area (Å²) in [6, 6.07) is 1.78. The van der Waals surface area contributed by atoms with Crippen molar-refractivity contribution in [3.8, 4) is 0 Å². The molecule has 4 heteroatoms. The Morgan fingerprint density at radius 3 is 2.92 bits per heavy atom. The molecule has 1 heterocycles. The first-order valence-corrected chi connectivity index (χ1v) is 4.53. The molecule has 0 saturated heterocycles. The molecule has 0 bridgehead atoms. The summed E-state index contributed by atoms with van der Waals surface area (Å²) in [7, 11) is 0. The van der Waals surface area contributed by atoms with Crippen molar-refractivity contribution >= 4 is 11.6 Å². The van der Waals surface area contributed by atoms with Gasteiger partial charge in [0.25, 0.3) is 0 Å². The van der Waals surface area contributed by atoms with Gasteiger partial charge in [-0.25, -0.2) is 0 Å². The van der Waals surface area contributed by atoms with Crippen LogP contribution in [-0.4, -0.2) is 16.6 Å². The summed E-state index contributed by atoms with van der Waals surface area (Å²) in [5, 5.41) is 10.2. The number of aliphatic hydroxyl groups is 1. The number of hydrogen-bond acceptors (Lipinski definition) is 3. The molecule has 0 radical (unpaired) electrons. The molecule has 1 rings (SSSR count). The summed E-state index contributed by atoms with van der Waals surface area (Å²) in [6.45, 7) is 2.32. The van der Waals surface area contributed by atoms with Gasteiger partial charge >= 0.3 is 0 Å². The van der Waals surface area contributed by atoms with Crippen molar-refractivity contribution in [2.24, 2.45) is 5.73 Å². The number of aromatic nitrogens is 1. The summed E-state index contributed by atoms with van der Waals surface area (Å²) in [4.78, 5) is 4.06. The highest BCUT2D eigenvalue weighted by Crippen LogP contribution is 2.20. The third-order valence-electron chi connectivity index (χ3n) is 1.84. The van der Waals surface area contributed by atoms with E-state index in [-0.39, 0.29) is 0 Å². The summed E-state index contributed by atoms with van der Waals surface area (Å²) in [6.07, 6.45) is 1.47. The van der Waals surface area contributed by atoms with Crippen LogP contribution in [0.4, 0.5) is 0 Å². The topological polar surface area (TPSA) is 59.1 Å². The van der Waals surface area contributed by atoms with Crippen molar-refractivity contribution in [2.45, 2.75) is 19.4 Å². The monoisotopic (exact) mass is 200 g/mol. The lowest BCUT2D eigenvalue weighted by Crippen LogP contribution is -2.09. The Kier molecular flexibility index (Phi) is 3.66. The van der Waals surface area contributed by atoms with E-state index in [0.29, 0.717) is 23.7 Å². The highest BCUT2D eigenvalue weighted by Gasteiger charge is 2.10. The van der Waals surface area contributed by atoms with Gasteiger partial charge in [0.2, 0.25) is 0 Å². The van der Waals surface area contributed by atoms with Gasteiger partial charge in [-0.3, -0.25) is 4.98 Å². The van der Waals surface area contributed by atoms with Crippen LogP contribution in [0.5, 0.6) is 0 Å². The fourth-order valence-electron chi connectivity index (χ4n) is 1.19. The molecule has 3 nitrogen and oxygen atoms in total. The predicted octanol–water partition coefficient (Wildman–Crippen LogP) is 1.43. The lowest BCUT2D eigenvalue weighted by molar-refractivity contribution is 0.165. The molecule has 72 valence electrons. The zero-order valence-corrected chi connectivity index (χ0v) is 8.25. The van der Waals surface area contributed by atoms with E-state index in [2.05, 4.69) is 4.98 Å². The van der Waals surface area contributed by atoms with Crippen LogP contribution in [0.1, 0.15) is 23.8 Å². The Morgan fingerprint density at radius 2 is 2.38 bits per heavy atom. The van der Waals surface area contributed by atoms with Gasteiger partial charge in [0.15, 0.2) is 0 Å². The SMILES string of the molecule is Cc1cc(Cl)cnc1C(O)CCN. The van der Waals surface area contributed by atoms with E-state index < -0.39 is 6.10 Å². The number of pyridine rings is 1. The molecule has 0 saturated carbocycles. The van der Waals surface area contributed by atoms with Crippen molar-refractivity contribution in [3.63, 3.8) is 0 Å². The maximum atomic E-state index is 9.61. The van der Waals surface area contributed by atoms with Crippen LogP contribution in [0.3, 0.4) is 0 Å². The molecule has 0 aliphatic carbocycles. The predicted molar refractivity (Wildman–Crippen MR) is 52.6 cm³/mol. The van der Waals surface area contributed by atoms with Crippen molar-refractivity contribution in [1.82, 2.24) is 4.98 Å². The molecule has 3 N–H and O–H groups in total. The zero-order chi connectivity index (χ0) is 9.84. The third-order valence-corrected chi connectivity index (χ3v) is 2.05. The molecule has 0 aliphatic heterocycles. The number of nitrogens with zero attached hydrogens (tertiary/aromatic N) is 1. The first-order valence-electron chi connectivity index (χ1n) is 4.15. The molecule has 0 spiro atoms. The van der Waals surface area contributed by atoms with Crippen molar-refractivity contribution in [1.29, 1.82) is 0 Å². The van der Waals surface area contributed by atoms with Crippen molar-refractivity contribution < 1.29 is 5.11 Å². The summed E-state index contributed by atoms with van der Waals surface area (Å²) >= 11 is 5.73. The average molecular weight is 201 g/mol. The molecule has 13 heavy (non-hydrogen) atoms. The number of nitrogens with two attached hydrogens (primary N) is 1. The summed E-state index contributed by atoms with van der Waals surface area (Å²) < 4.78 is 0. The largest absolute Gasteiger partial charge is 0.387 e. The van der Waals surface area contributed by atoms with Crippen LogP contribution in [0.25, 0.3) is 0 Å². The molecule has 0 amide bonds. The van der Waals surface area contributed by atoms with Crippen LogP contribution in [-0.2, 0) is 0 Å². The zero-order valence-electron chi connectivity index (χ0n) is 7.50. The second-order valence-electron chi connectivity index (χ2n) is 2.95. The van der Waals surface area contributed by atoms with E-state index >= 15 is 0 Å². The third kappa shape index (κ3) is 2.66. The fraction of sp³-hybridized carbons (Fsp3) is 0.444. The minimum atomic E-state index is -0.581. The van der Waals surface area contributed by atoms with Gasteiger partial charge in [-0.15, -0.1) is 0 Å². The van der Waals surface area contributed by atoms with Crippen LogP contribution in [0.15, 0.2) is 12.3 Å². The molecule has 1 atom stereocenters. The highest BCUT2D eigenvalue weighted by atomic mass is 35.5. The Hall–Kier alpha value is -0.640. The number of halogens is 1. The second kappa shape index (κ2) is 4.56. The van der Waals surface area contributed by atoms with Gasteiger partial charge in [0.1, 0.15) is 0 Å². The van der Waals surface area contributed by atoms with Crippen LogP contribution < -0.4 is 5.73 Å². The van der Waals surface area contributed by atoms with E-state index in [1.165, 1.54) is 6.20 Å². The first kappa shape index (κ1) is 10.4. The number of aliphatic hydroxyl groups excluding tert-OH is 1. The molecule has 1 aromatic rings. The van der Waals surface area contributed by atoms with Crippen LogP contribution in [0.2, 0.25) is 5.02 Å². The normalized spacial score (nSPS) is 12.9. The van der Waals surface area contributed by atoms with E-state index in [4.69, 9.17) is 17.3 Å². The number of rotatable bonds is 3. The first-order chi connectivity index (χ1) is 6.15. The van der Waals surface area contributed by atoms with Gasteiger partial charge in [-0.05, 0) is 31.5 Å². The molecule has 1 unspecified atom stereocenters. The minimum absolute atomic E-state index is 0.449. The molecular weight excluding hydrogens is 188 g/mol. The van der Waals surface area contributed by atoms with Gasteiger partial charge in [0, 0.05) is 6.20 Å². The average Bonchev–Trinajstić information content (AvgIpc) is 2.04. The smallest absolute Gasteiger partial charge is 0.0974 e. The van der Waals surface area contributed by atoms with E-state index in [1.807, 2.05) is 6.92 Å². The Balaban J connectivity index is 2.88. The Morgan fingerprint density at radius 1 is 1.69 bits per heavy atom. The van der Waals surface area contributed by atoms with E-state index in [1.54, 1.807) is 6.07 Å². The number of aryl methyl sites for hydroxylation is 1. The van der Waals surface area contributed by atoms with Crippen molar-refractivity contribution in [2.75, 3.05) is 6.54 Å². The lowest BCUT2D eigenvalue weighted by atomic mass is 10.1. The van der Waals surface area contributed by atoms with E-state index in [0.717, 1.165) is 5.56 Å². The fourth-order valence-corrected chi connectivity index (χ4v) is 1.41. The maximum absolute atomic E-state index is 9.61. The highest BCUT2D eigenvalue weighted by molar-refractivity contribution is 6.30. The second-order valence-corrected chi connectivity index (χ2v) is 3.39. The molecule has 0 aliphatic rings. The molecular formula is C9H13ClN2O. The quantitative estimate of drug-likeness (QED) is 0.776. The summed E-state index contributed by atoms with van der Waals surface area (Å²) in [5.41, 5.74) is 6.89. The molecule has 0 fully saturated rings. The van der Waals surface area contributed by atoms with E-state index in [9.17, 15) is 5.11 Å². The Labute approximate surface area is 82.5 Å². The van der Waals surface area contributed by atoms with Crippen LogP contribution in [0, 0.1) is 6.92 Å². The Bertz CT molecular complexity index is 291. The lowest BCUT2D eigenvalue weighted by Gasteiger charge is -2.11. The van der Waals surface area contributed by atoms with Gasteiger partial charge < -0.3 is 10.8 Å². The molecule has 1 aromatic heterocycles.